The number of carbonyl (C=O) groups is 1. The summed E-state index contributed by atoms with van der Waals surface area (Å²) in [6, 6.07) is 1.88. The number of pyridine rings is 1. The standard InChI is InChI=1S/C14H19BrN2O2/c15-7-9-17(11-4-2-1-3-5-11)14(19)12-6-8-16-10-13(12)18/h6,8,10-11,18H,1-5,7,9H2. The minimum absolute atomic E-state index is 0.0390. The van der Waals surface area contributed by atoms with Crippen molar-refractivity contribution in [2.45, 2.75) is 38.1 Å². The van der Waals surface area contributed by atoms with Crippen LogP contribution < -0.4 is 0 Å². The number of hydrogen-bond donors (Lipinski definition) is 1. The largest absolute Gasteiger partial charge is 0.505 e. The number of amides is 1. The van der Waals surface area contributed by atoms with Gasteiger partial charge in [-0.05, 0) is 18.9 Å². The van der Waals surface area contributed by atoms with Crippen LogP contribution in [0.1, 0.15) is 42.5 Å². The van der Waals surface area contributed by atoms with Gasteiger partial charge in [0.05, 0.1) is 11.8 Å². The van der Waals surface area contributed by atoms with Crippen LogP contribution in [0.5, 0.6) is 5.75 Å². The van der Waals surface area contributed by atoms with E-state index in [0.29, 0.717) is 18.2 Å². The van der Waals surface area contributed by atoms with Gasteiger partial charge in [-0.3, -0.25) is 9.78 Å². The molecule has 1 aromatic heterocycles. The lowest BCUT2D eigenvalue weighted by atomic mass is 9.93. The van der Waals surface area contributed by atoms with Crippen molar-refractivity contribution in [3.63, 3.8) is 0 Å². The summed E-state index contributed by atoms with van der Waals surface area (Å²) in [7, 11) is 0. The van der Waals surface area contributed by atoms with Gasteiger partial charge >= 0.3 is 0 Å². The second-order valence-corrected chi connectivity index (χ2v) is 5.67. The molecule has 1 heterocycles. The average molecular weight is 327 g/mol. The molecule has 5 heteroatoms. The van der Waals surface area contributed by atoms with Crippen LogP contribution in [0.4, 0.5) is 0 Å². The Morgan fingerprint density at radius 2 is 2.16 bits per heavy atom. The first-order valence-corrected chi connectivity index (χ1v) is 7.86. The molecule has 0 saturated heterocycles. The average Bonchev–Trinajstić information content (AvgIpc) is 2.45. The number of rotatable bonds is 4. The Balaban J connectivity index is 2.18. The van der Waals surface area contributed by atoms with Crippen LogP contribution in [0.25, 0.3) is 0 Å². The Hall–Kier alpha value is -1.10. The molecule has 4 nitrogen and oxygen atoms in total. The van der Waals surface area contributed by atoms with Crippen molar-refractivity contribution in [1.29, 1.82) is 0 Å². The number of alkyl halides is 1. The molecule has 1 amide bonds. The molecule has 1 aliphatic rings. The molecule has 1 fully saturated rings. The third kappa shape index (κ3) is 3.47. The predicted octanol–water partition coefficient (Wildman–Crippen LogP) is 2.96. The summed E-state index contributed by atoms with van der Waals surface area (Å²) < 4.78 is 0. The Kier molecular flexibility index (Phi) is 5.19. The second kappa shape index (κ2) is 6.89. The molecule has 0 aromatic carbocycles. The molecule has 1 N–H and O–H groups in total. The first-order valence-electron chi connectivity index (χ1n) is 6.74. The van der Waals surface area contributed by atoms with Gasteiger partial charge in [0.2, 0.25) is 0 Å². The normalized spacial score (nSPS) is 16.3. The van der Waals surface area contributed by atoms with Crippen LogP contribution in [0, 0.1) is 0 Å². The molecule has 2 rings (SSSR count). The topological polar surface area (TPSA) is 53.4 Å². The van der Waals surface area contributed by atoms with E-state index in [0.717, 1.165) is 18.2 Å². The lowest BCUT2D eigenvalue weighted by Gasteiger charge is -2.34. The van der Waals surface area contributed by atoms with Crippen LogP contribution in [-0.4, -0.2) is 38.8 Å². The molecule has 0 bridgehead atoms. The van der Waals surface area contributed by atoms with Crippen molar-refractivity contribution in [3.8, 4) is 5.75 Å². The van der Waals surface area contributed by atoms with E-state index >= 15 is 0 Å². The summed E-state index contributed by atoms with van der Waals surface area (Å²) in [5, 5.41) is 10.5. The Labute approximate surface area is 122 Å². The van der Waals surface area contributed by atoms with Gasteiger partial charge in [0.1, 0.15) is 5.75 Å². The van der Waals surface area contributed by atoms with Crippen molar-refractivity contribution in [3.05, 3.63) is 24.0 Å². The van der Waals surface area contributed by atoms with Crippen molar-refractivity contribution in [1.82, 2.24) is 9.88 Å². The molecule has 1 aromatic rings. The molecule has 0 radical (unpaired) electrons. The number of carbonyl (C=O) groups excluding carboxylic acids is 1. The minimum Gasteiger partial charge on any atom is -0.505 e. The Morgan fingerprint density at radius 3 is 2.79 bits per heavy atom. The monoisotopic (exact) mass is 326 g/mol. The fraction of sp³-hybridized carbons (Fsp3) is 0.571. The van der Waals surface area contributed by atoms with Crippen molar-refractivity contribution >= 4 is 21.8 Å². The van der Waals surface area contributed by atoms with Gasteiger partial charge in [0.15, 0.2) is 0 Å². The van der Waals surface area contributed by atoms with E-state index in [1.54, 1.807) is 12.3 Å². The molecule has 104 valence electrons. The molecule has 0 unspecified atom stereocenters. The first kappa shape index (κ1) is 14.3. The highest BCUT2D eigenvalue weighted by molar-refractivity contribution is 9.09. The highest BCUT2D eigenvalue weighted by Crippen LogP contribution is 2.26. The summed E-state index contributed by atoms with van der Waals surface area (Å²) in [4.78, 5) is 18.3. The van der Waals surface area contributed by atoms with E-state index in [2.05, 4.69) is 20.9 Å². The van der Waals surface area contributed by atoms with Crippen LogP contribution in [-0.2, 0) is 0 Å². The van der Waals surface area contributed by atoms with Crippen LogP contribution in [0.15, 0.2) is 18.5 Å². The van der Waals surface area contributed by atoms with Crippen molar-refractivity contribution < 1.29 is 9.90 Å². The fourth-order valence-corrected chi connectivity index (χ4v) is 3.04. The smallest absolute Gasteiger partial charge is 0.258 e. The summed E-state index contributed by atoms with van der Waals surface area (Å²) in [6.45, 7) is 0.672. The van der Waals surface area contributed by atoms with E-state index in [-0.39, 0.29) is 11.7 Å². The summed E-state index contributed by atoms with van der Waals surface area (Å²) in [5.41, 5.74) is 0.349. The van der Waals surface area contributed by atoms with E-state index in [4.69, 9.17) is 0 Å². The van der Waals surface area contributed by atoms with Gasteiger partial charge in [-0.2, -0.15) is 0 Å². The van der Waals surface area contributed by atoms with Gasteiger partial charge in [-0.1, -0.05) is 35.2 Å². The molecule has 0 atom stereocenters. The van der Waals surface area contributed by atoms with Gasteiger partial charge < -0.3 is 10.0 Å². The maximum atomic E-state index is 12.6. The molecule has 1 aliphatic carbocycles. The van der Waals surface area contributed by atoms with E-state index < -0.39 is 0 Å². The second-order valence-electron chi connectivity index (χ2n) is 4.87. The number of halogens is 1. The summed E-state index contributed by atoms with van der Waals surface area (Å²) >= 11 is 3.41. The highest BCUT2D eigenvalue weighted by Gasteiger charge is 2.27. The van der Waals surface area contributed by atoms with Crippen LogP contribution >= 0.6 is 15.9 Å². The molecule has 0 spiro atoms. The SMILES string of the molecule is O=C(c1ccncc1O)N(CCBr)C1CCCCC1. The maximum absolute atomic E-state index is 12.6. The van der Waals surface area contributed by atoms with Crippen LogP contribution in [0.2, 0.25) is 0 Å². The first-order chi connectivity index (χ1) is 9.24. The van der Waals surface area contributed by atoms with E-state index in [1.165, 1.54) is 25.5 Å². The summed E-state index contributed by atoms with van der Waals surface area (Å²) in [5.74, 6) is -0.130. The zero-order valence-electron chi connectivity index (χ0n) is 10.9. The Morgan fingerprint density at radius 1 is 1.42 bits per heavy atom. The zero-order chi connectivity index (χ0) is 13.7. The molecular weight excluding hydrogens is 308 g/mol. The minimum atomic E-state index is -0.0914. The van der Waals surface area contributed by atoms with Crippen LogP contribution in [0.3, 0.4) is 0 Å². The third-order valence-corrected chi connectivity index (χ3v) is 3.99. The van der Waals surface area contributed by atoms with Gasteiger partial charge in [-0.15, -0.1) is 0 Å². The molecule has 19 heavy (non-hydrogen) atoms. The number of nitrogens with zero attached hydrogens (tertiary/aromatic N) is 2. The van der Waals surface area contributed by atoms with E-state index in [9.17, 15) is 9.90 Å². The van der Waals surface area contributed by atoms with Crippen molar-refractivity contribution in [2.24, 2.45) is 0 Å². The van der Waals surface area contributed by atoms with Crippen molar-refractivity contribution in [2.75, 3.05) is 11.9 Å². The number of aromatic hydroxyl groups is 1. The lowest BCUT2D eigenvalue weighted by Crippen LogP contribution is -2.42. The van der Waals surface area contributed by atoms with Gasteiger partial charge in [0, 0.05) is 24.1 Å². The zero-order valence-corrected chi connectivity index (χ0v) is 12.5. The predicted molar refractivity (Wildman–Crippen MR) is 77.6 cm³/mol. The maximum Gasteiger partial charge on any atom is 0.258 e. The quantitative estimate of drug-likeness (QED) is 0.865. The van der Waals surface area contributed by atoms with Gasteiger partial charge in [-0.25, -0.2) is 0 Å². The van der Waals surface area contributed by atoms with Gasteiger partial charge in [0.25, 0.3) is 5.91 Å². The summed E-state index contributed by atoms with van der Waals surface area (Å²) in [6.07, 6.45) is 8.60. The third-order valence-electron chi connectivity index (χ3n) is 3.63. The lowest BCUT2D eigenvalue weighted by molar-refractivity contribution is 0.0648. The number of hydrogen-bond acceptors (Lipinski definition) is 3. The van der Waals surface area contributed by atoms with E-state index in [1.807, 2.05) is 4.90 Å². The highest BCUT2D eigenvalue weighted by atomic mass is 79.9. The Bertz CT molecular complexity index is 433. The molecule has 1 saturated carbocycles. The molecule has 0 aliphatic heterocycles. The number of aromatic nitrogens is 1. The molecular formula is C14H19BrN2O2. The fourth-order valence-electron chi connectivity index (χ4n) is 2.66.